The molecule has 0 spiro atoms. The first-order valence-electron chi connectivity index (χ1n) is 5.46. The second kappa shape index (κ2) is 6.12. The quantitative estimate of drug-likeness (QED) is 0.748. The van der Waals surface area contributed by atoms with Crippen LogP contribution in [0.25, 0.3) is 0 Å². The first-order valence-corrected chi connectivity index (χ1v) is 5.87. The SMILES string of the molecule is CCOCC(C(C)C)n1c(CO)n[nH]c1=S. The highest BCUT2D eigenvalue weighted by atomic mass is 32.1. The molecule has 0 aliphatic heterocycles. The minimum atomic E-state index is -0.123. The molecule has 16 heavy (non-hydrogen) atoms. The van der Waals surface area contributed by atoms with Crippen LogP contribution in [0.3, 0.4) is 0 Å². The predicted molar refractivity (Wildman–Crippen MR) is 63.7 cm³/mol. The fourth-order valence-electron chi connectivity index (χ4n) is 1.59. The van der Waals surface area contributed by atoms with Crippen LogP contribution in [0.2, 0.25) is 0 Å². The third-order valence-corrected chi connectivity index (χ3v) is 2.80. The minimum absolute atomic E-state index is 0.105. The molecule has 0 aliphatic rings. The van der Waals surface area contributed by atoms with Gasteiger partial charge < -0.3 is 9.84 Å². The summed E-state index contributed by atoms with van der Waals surface area (Å²) in [6.07, 6.45) is 0. The summed E-state index contributed by atoms with van der Waals surface area (Å²) in [7, 11) is 0. The molecule has 92 valence electrons. The van der Waals surface area contributed by atoms with Crippen LogP contribution in [0.1, 0.15) is 32.6 Å². The molecule has 0 bridgehead atoms. The highest BCUT2D eigenvalue weighted by Crippen LogP contribution is 2.20. The average Bonchev–Trinajstić information content (AvgIpc) is 2.61. The molecule has 0 amide bonds. The number of hydrogen-bond acceptors (Lipinski definition) is 4. The Balaban J connectivity index is 2.99. The molecule has 0 saturated carbocycles. The van der Waals surface area contributed by atoms with Crippen LogP contribution >= 0.6 is 12.2 Å². The largest absolute Gasteiger partial charge is 0.388 e. The summed E-state index contributed by atoms with van der Waals surface area (Å²) in [6.45, 7) is 7.28. The zero-order chi connectivity index (χ0) is 12.1. The summed E-state index contributed by atoms with van der Waals surface area (Å²) < 4.78 is 7.82. The van der Waals surface area contributed by atoms with Crippen molar-refractivity contribution in [3.05, 3.63) is 10.6 Å². The van der Waals surface area contributed by atoms with Gasteiger partial charge in [-0.3, -0.25) is 9.67 Å². The number of H-pyrrole nitrogens is 1. The van der Waals surface area contributed by atoms with Crippen molar-refractivity contribution in [1.29, 1.82) is 0 Å². The third kappa shape index (κ3) is 2.90. The summed E-state index contributed by atoms with van der Waals surface area (Å²) in [6, 6.07) is 0.105. The number of aromatic amines is 1. The highest BCUT2D eigenvalue weighted by molar-refractivity contribution is 7.71. The zero-order valence-corrected chi connectivity index (χ0v) is 10.8. The van der Waals surface area contributed by atoms with Gasteiger partial charge in [0.1, 0.15) is 6.61 Å². The second-order valence-electron chi connectivity index (χ2n) is 3.94. The van der Waals surface area contributed by atoms with Gasteiger partial charge in [0, 0.05) is 6.61 Å². The van der Waals surface area contributed by atoms with Crippen LogP contribution in [0.15, 0.2) is 0 Å². The lowest BCUT2D eigenvalue weighted by atomic mass is 10.1. The predicted octanol–water partition coefficient (Wildman–Crippen LogP) is 1.67. The first kappa shape index (κ1) is 13.3. The Morgan fingerprint density at radius 3 is 2.75 bits per heavy atom. The van der Waals surface area contributed by atoms with E-state index in [0.717, 1.165) is 0 Å². The minimum Gasteiger partial charge on any atom is -0.388 e. The molecule has 1 rings (SSSR count). The van der Waals surface area contributed by atoms with Gasteiger partial charge in [-0.2, -0.15) is 5.10 Å². The molecule has 1 aromatic heterocycles. The number of aliphatic hydroxyl groups is 1. The number of nitrogens with zero attached hydrogens (tertiary/aromatic N) is 2. The molecule has 5 nitrogen and oxygen atoms in total. The van der Waals surface area contributed by atoms with Crippen LogP contribution in [0.5, 0.6) is 0 Å². The smallest absolute Gasteiger partial charge is 0.195 e. The van der Waals surface area contributed by atoms with E-state index in [-0.39, 0.29) is 12.6 Å². The monoisotopic (exact) mass is 245 g/mol. The Labute approximate surface area is 100 Å². The van der Waals surface area contributed by atoms with Crippen molar-refractivity contribution >= 4 is 12.2 Å². The van der Waals surface area contributed by atoms with E-state index in [1.165, 1.54) is 0 Å². The van der Waals surface area contributed by atoms with Crippen LogP contribution in [0, 0.1) is 10.7 Å². The fourth-order valence-corrected chi connectivity index (χ4v) is 1.88. The Kier molecular flexibility index (Phi) is 5.11. The van der Waals surface area contributed by atoms with E-state index in [0.29, 0.717) is 29.7 Å². The standard InChI is InChI=1S/C10H19N3O2S/c1-4-15-6-8(7(2)3)13-9(5-14)11-12-10(13)16/h7-8,14H,4-6H2,1-3H3,(H,12,16). The Morgan fingerprint density at radius 1 is 1.56 bits per heavy atom. The van der Waals surface area contributed by atoms with Crippen molar-refractivity contribution in [1.82, 2.24) is 14.8 Å². The van der Waals surface area contributed by atoms with E-state index in [1.54, 1.807) is 0 Å². The van der Waals surface area contributed by atoms with Crippen molar-refractivity contribution in [2.75, 3.05) is 13.2 Å². The molecule has 1 heterocycles. The van der Waals surface area contributed by atoms with Gasteiger partial charge in [0.15, 0.2) is 10.6 Å². The molecule has 1 unspecified atom stereocenters. The molecule has 0 aromatic carbocycles. The number of aromatic nitrogens is 3. The molecular formula is C10H19N3O2S. The van der Waals surface area contributed by atoms with Gasteiger partial charge >= 0.3 is 0 Å². The van der Waals surface area contributed by atoms with E-state index >= 15 is 0 Å². The molecular weight excluding hydrogens is 226 g/mol. The van der Waals surface area contributed by atoms with Gasteiger partial charge in [-0.25, -0.2) is 0 Å². The first-order chi connectivity index (χ1) is 7.61. The zero-order valence-electron chi connectivity index (χ0n) is 9.93. The molecule has 2 N–H and O–H groups in total. The number of aliphatic hydroxyl groups excluding tert-OH is 1. The number of nitrogens with one attached hydrogen (secondary N) is 1. The Hall–Kier alpha value is -0.720. The van der Waals surface area contributed by atoms with Crippen molar-refractivity contribution in [3.63, 3.8) is 0 Å². The van der Waals surface area contributed by atoms with Gasteiger partial charge in [-0.05, 0) is 25.1 Å². The molecule has 1 aromatic rings. The molecule has 6 heteroatoms. The van der Waals surface area contributed by atoms with Crippen LogP contribution in [-0.4, -0.2) is 33.1 Å². The van der Waals surface area contributed by atoms with Crippen molar-refractivity contribution in [3.8, 4) is 0 Å². The third-order valence-electron chi connectivity index (χ3n) is 2.51. The molecule has 0 fully saturated rings. The Bertz CT molecular complexity index is 372. The van der Waals surface area contributed by atoms with Crippen LogP contribution in [0.4, 0.5) is 0 Å². The average molecular weight is 245 g/mol. The normalized spacial score (nSPS) is 13.3. The summed E-state index contributed by atoms with van der Waals surface area (Å²) in [5, 5.41) is 15.9. The lowest BCUT2D eigenvalue weighted by Crippen LogP contribution is -2.23. The maximum absolute atomic E-state index is 9.20. The molecule has 0 saturated heterocycles. The van der Waals surface area contributed by atoms with E-state index < -0.39 is 0 Å². The lowest BCUT2D eigenvalue weighted by Gasteiger charge is -2.23. The van der Waals surface area contributed by atoms with Crippen LogP contribution < -0.4 is 0 Å². The summed E-state index contributed by atoms with van der Waals surface area (Å²) in [5.41, 5.74) is 0. The number of rotatable bonds is 6. The molecule has 1 atom stereocenters. The van der Waals surface area contributed by atoms with E-state index in [2.05, 4.69) is 24.0 Å². The number of hydrogen-bond donors (Lipinski definition) is 2. The Morgan fingerprint density at radius 2 is 2.25 bits per heavy atom. The van der Waals surface area contributed by atoms with Crippen LogP contribution in [-0.2, 0) is 11.3 Å². The van der Waals surface area contributed by atoms with Gasteiger partial charge in [-0.1, -0.05) is 13.8 Å². The van der Waals surface area contributed by atoms with Gasteiger partial charge in [0.05, 0.1) is 12.6 Å². The van der Waals surface area contributed by atoms with Gasteiger partial charge in [0.2, 0.25) is 0 Å². The summed E-state index contributed by atoms with van der Waals surface area (Å²) in [5.74, 6) is 0.921. The highest BCUT2D eigenvalue weighted by Gasteiger charge is 2.20. The van der Waals surface area contributed by atoms with E-state index in [1.807, 2.05) is 11.5 Å². The topological polar surface area (TPSA) is 63.1 Å². The van der Waals surface area contributed by atoms with Gasteiger partial charge in [0.25, 0.3) is 0 Å². The number of ether oxygens (including phenoxy) is 1. The fraction of sp³-hybridized carbons (Fsp3) is 0.800. The second-order valence-corrected chi connectivity index (χ2v) is 4.33. The molecule has 0 aliphatic carbocycles. The van der Waals surface area contributed by atoms with Gasteiger partial charge in [-0.15, -0.1) is 0 Å². The lowest BCUT2D eigenvalue weighted by molar-refractivity contribution is 0.0925. The maximum atomic E-state index is 9.20. The maximum Gasteiger partial charge on any atom is 0.195 e. The van der Waals surface area contributed by atoms with Crippen molar-refractivity contribution < 1.29 is 9.84 Å². The van der Waals surface area contributed by atoms with E-state index in [9.17, 15) is 5.11 Å². The molecule has 0 radical (unpaired) electrons. The van der Waals surface area contributed by atoms with Crippen molar-refractivity contribution in [2.24, 2.45) is 5.92 Å². The van der Waals surface area contributed by atoms with Crippen molar-refractivity contribution in [2.45, 2.75) is 33.4 Å². The summed E-state index contributed by atoms with van der Waals surface area (Å²) in [4.78, 5) is 0. The van der Waals surface area contributed by atoms with E-state index in [4.69, 9.17) is 17.0 Å². The summed E-state index contributed by atoms with van der Waals surface area (Å²) >= 11 is 5.16.